The van der Waals surface area contributed by atoms with Crippen LogP contribution in [0, 0.1) is 5.92 Å². The Hall–Kier alpha value is -1.77. The fourth-order valence-electron chi connectivity index (χ4n) is 2.18. The summed E-state index contributed by atoms with van der Waals surface area (Å²) in [4.78, 5) is 12.2. The van der Waals surface area contributed by atoms with Crippen molar-refractivity contribution in [1.82, 2.24) is 0 Å². The van der Waals surface area contributed by atoms with Gasteiger partial charge in [-0.1, -0.05) is 57.5 Å². The van der Waals surface area contributed by atoms with Crippen LogP contribution in [0.4, 0.5) is 0 Å². The Kier molecular flexibility index (Phi) is 7.59. The van der Waals surface area contributed by atoms with E-state index >= 15 is 0 Å². The zero-order chi connectivity index (χ0) is 15.7. The maximum absolute atomic E-state index is 12.2. The molecular weight excluding hydrogens is 264 g/mol. The van der Waals surface area contributed by atoms with Crippen LogP contribution < -0.4 is 0 Å². The Morgan fingerprint density at radius 2 is 1.90 bits per heavy atom. The normalized spacial score (nSPS) is 13.1. The van der Waals surface area contributed by atoms with Crippen LogP contribution in [0.3, 0.4) is 0 Å². The van der Waals surface area contributed by atoms with Gasteiger partial charge in [-0.15, -0.1) is 0 Å². The smallest absolute Gasteiger partial charge is 0.373 e. The van der Waals surface area contributed by atoms with Crippen LogP contribution in [-0.2, 0) is 14.3 Å². The standard InChI is InChI=1S/C18H26O3/c1-5-9-16(12-14(2)3)21-18(19)17(20-4)13-15-10-7-6-8-11-15/h6-8,10-11,13-14,16H,5,9,12H2,1-4H3. The topological polar surface area (TPSA) is 35.5 Å². The van der Waals surface area contributed by atoms with Crippen molar-refractivity contribution in [3.63, 3.8) is 0 Å². The Morgan fingerprint density at radius 3 is 2.43 bits per heavy atom. The maximum Gasteiger partial charge on any atom is 0.373 e. The number of methoxy groups -OCH3 is 1. The van der Waals surface area contributed by atoms with Crippen molar-refractivity contribution in [2.45, 2.75) is 46.1 Å². The predicted octanol–water partition coefficient (Wildman–Crippen LogP) is 4.43. The highest BCUT2D eigenvalue weighted by Crippen LogP contribution is 2.17. The van der Waals surface area contributed by atoms with E-state index in [2.05, 4.69) is 20.8 Å². The molecule has 1 rings (SSSR count). The maximum atomic E-state index is 12.2. The highest BCUT2D eigenvalue weighted by Gasteiger charge is 2.19. The molecular formula is C18H26O3. The quantitative estimate of drug-likeness (QED) is 0.403. The van der Waals surface area contributed by atoms with E-state index in [-0.39, 0.29) is 17.8 Å². The van der Waals surface area contributed by atoms with E-state index in [1.807, 2.05) is 30.3 Å². The van der Waals surface area contributed by atoms with Crippen molar-refractivity contribution < 1.29 is 14.3 Å². The monoisotopic (exact) mass is 290 g/mol. The van der Waals surface area contributed by atoms with Crippen LogP contribution in [0.15, 0.2) is 36.1 Å². The molecule has 0 radical (unpaired) electrons. The molecule has 0 N–H and O–H groups in total. The van der Waals surface area contributed by atoms with Crippen LogP contribution in [0.1, 0.15) is 45.6 Å². The summed E-state index contributed by atoms with van der Waals surface area (Å²) in [5.41, 5.74) is 0.919. The molecule has 3 heteroatoms. The second kappa shape index (κ2) is 9.22. The third kappa shape index (κ3) is 6.48. The molecule has 1 atom stereocenters. The molecule has 0 saturated heterocycles. The lowest BCUT2D eigenvalue weighted by molar-refractivity contribution is -0.148. The number of esters is 1. The first-order valence-electron chi connectivity index (χ1n) is 7.58. The van der Waals surface area contributed by atoms with E-state index in [0.717, 1.165) is 24.8 Å². The minimum Gasteiger partial charge on any atom is -0.490 e. The number of hydrogen-bond donors (Lipinski definition) is 0. The molecule has 0 heterocycles. The fraction of sp³-hybridized carbons (Fsp3) is 0.500. The Morgan fingerprint density at radius 1 is 1.24 bits per heavy atom. The molecule has 0 aliphatic heterocycles. The van der Waals surface area contributed by atoms with Gasteiger partial charge in [0.25, 0.3) is 0 Å². The van der Waals surface area contributed by atoms with Crippen molar-refractivity contribution in [1.29, 1.82) is 0 Å². The predicted molar refractivity (Wildman–Crippen MR) is 85.7 cm³/mol. The minimum absolute atomic E-state index is 0.0446. The molecule has 3 nitrogen and oxygen atoms in total. The van der Waals surface area contributed by atoms with Gasteiger partial charge in [0.15, 0.2) is 0 Å². The van der Waals surface area contributed by atoms with Gasteiger partial charge < -0.3 is 9.47 Å². The second-order valence-corrected chi connectivity index (χ2v) is 5.57. The molecule has 0 saturated carbocycles. The Labute approximate surface area is 128 Å². The van der Waals surface area contributed by atoms with Gasteiger partial charge >= 0.3 is 5.97 Å². The molecule has 1 aromatic carbocycles. The molecule has 0 aliphatic carbocycles. The SMILES string of the molecule is CCCC(CC(C)C)OC(=O)C(=Cc1ccccc1)OC. The number of carbonyl (C=O) groups excluding carboxylic acids is 1. The van der Waals surface area contributed by atoms with Gasteiger partial charge in [-0.25, -0.2) is 4.79 Å². The lowest BCUT2D eigenvalue weighted by atomic mass is 10.0. The van der Waals surface area contributed by atoms with Crippen LogP contribution in [0.25, 0.3) is 6.08 Å². The minimum atomic E-state index is -0.388. The third-order valence-electron chi connectivity index (χ3n) is 3.14. The first-order chi connectivity index (χ1) is 10.1. The second-order valence-electron chi connectivity index (χ2n) is 5.57. The lowest BCUT2D eigenvalue weighted by Gasteiger charge is -2.19. The summed E-state index contributed by atoms with van der Waals surface area (Å²) in [6.07, 6.45) is 4.42. The van der Waals surface area contributed by atoms with E-state index in [1.165, 1.54) is 7.11 Å². The van der Waals surface area contributed by atoms with Gasteiger partial charge in [-0.3, -0.25) is 0 Å². The number of carbonyl (C=O) groups is 1. The Bertz CT molecular complexity index is 449. The lowest BCUT2D eigenvalue weighted by Crippen LogP contribution is -2.21. The highest BCUT2D eigenvalue weighted by molar-refractivity contribution is 5.91. The molecule has 0 amide bonds. The van der Waals surface area contributed by atoms with Crippen molar-refractivity contribution in [2.75, 3.05) is 7.11 Å². The summed E-state index contributed by atoms with van der Waals surface area (Å²) in [7, 11) is 1.49. The van der Waals surface area contributed by atoms with Crippen LogP contribution >= 0.6 is 0 Å². The molecule has 116 valence electrons. The van der Waals surface area contributed by atoms with E-state index < -0.39 is 0 Å². The van der Waals surface area contributed by atoms with Crippen LogP contribution in [-0.4, -0.2) is 19.2 Å². The van der Waals surface area contributed by atoms with Gasteiger partial charge in [0.2, 0.25) is 5.76 Å². The summed E-state index contributed by atoms with van der Waals surface area (Å²) < 4.78 is 10.8. The van der Waals surface area contributed by atoms with Gasteiger partial charge in [-0.05, 0) is 30.4 Å². The first kappa shape index (κ1) is 17.3. The highest BCUT2D eigenvalue weighted by atomic mass is 16.6. The van der Waals surface area contributed by atoms with Crippen molar-refractivity contribution in [2.24, 2.45) is 5.92 Å². The first-order valence-corrected chi connectivity index (χ1v) is 7.58. The van der Waals surface area contributed by atoms with Crippen molar-refractivity contribution >= 4 is 12.0 Å². The van der Waals surface area contributed by atoms with Crippen LogP contribution in [0.5, 0.6) is 0 Å². The summed E-state index contributed by atoms with van der Waals surface area (Å²) in [5, 5.41) is 0. The largest absolute Gasteiger partial charge is 0.490 e. The third-order valence-corrected chi connectivity index (χ3v) is 3.14. The van der Waals surface area contributed by atoms with Gasteiger partial charge in [0.1, 0.15) is 6.10 Å². The summed E-state index contributed by atoms with van der Waals surface area (Å²) in [6.45, 7) is 6.36. The Balaban J connectivity index is 2.75. The number of ether oxygens (including phenoxy) is 2. The molecule has 21 heavy (non-hydrogen) atoms. The van der Waals surface area contributed by atoms with E-state index in [0.29, 0.717) is 5.92 Å². The molecule has 1 aromatic rings. The fourth-order valence-corrected chi connectivity index (χ4v) is 2.18. The summed E-state index contributed by atoms with van der Waals surface area (Å²) in [5.74, 6) is 0.352. The zero-order valence-corrected chi connectivity index (χ0v) is 13.5. The molecule has 0 aliphatic rings. The number of benzene rings is 1. The van der Waals surface area contributed by atoms with Crippen molar-refractivity contribution in [3.05, 3.63) is 41.7 Å². The van der Waals surface area contributed by atoms with E-state index in [4.69, 9.17) is 9.47 Å². The molecule has 1 unspecified atom stereocenters. The number of rotatable bonds is 8. The average Bonchev–Trinajstić information content (AvgIpc) is 2.45. The molecule has 0 bridgehead atoms. The zero-order valence-electron chi connectivity index (χ0n) is 13.5. The van der Waals surface area contributed by atoms with Gasteiger partial charge in [-0.2, -0.15) is 0 Å². The van der Waals surface area contributed by atoms with Gasteiger partial charge in [0.05, 0.1) is 7.11 Å². The van der Waals surface area contributed by atoms with Crippen LogP contribution in [0.2, 0.25) is 0 Å². The van der Waals surface area contributed by atoms with E-state index in [1.54, 1.807) is 6.08 Å². The van der Waals surface area contributed by atoms with Gasteiger partial charge in [0, 0.05) is 0 Å². The number of hydrogen-bond acceptors (Lipinski definition) is 3. The van der Waals surface area contributed by atoms with Crippen molar-refractivity contribution in [3.8, 4) is 0 Å². The average molecular weight is 290 g/mol. The molecule has 0 spiro atoms. The van der Waals surface area contributed by atoms with E-state index in [9.17, 15) is 4.79 Å². The summed E-state index contributed by atoms with van der Waals surface area (Å²) >= 11 is 0. The molecule has 0 aromatic heterocycles. The molecule has 0 fully saturated rings. The summed E-state index contributed by atoms with van der Waals surface area (Å²) in [6, 6.07) is 9.61.